The molecule has 3 rings (SSSR count). The lowest BCUT2D eigenvalue weighted by Gasteiger charge is -2.34. The first-order chi connectivity index (χ1) is 14.3. The number of ether oxygens (including phenoxy) is 1. The van der Waals surface area contributed by atoms with E-state index < -0.39 is 24.7 Å². The van der Waals surface area contributed by atoms with Crippen molar-refractivity contribution in [2.45, 2.75) is 38.0 Å². The van der Waals surface area contributed by atoms with E-state index in [4.69, 9.17) is 4.74 Å². The molecule has 0 saturated carbocycles. The zero-order valence-corrected chi connectivity index (χ0v) is 16.2. The van der Waals surface area contributed by atoms with Gasteiger partial charge in [0.15, 0.2) is 6.61 Å². The largest absolute Gasteiger partial charge is 0.468 e. The van der Waals surface area contributed by atoms with Crippen molar-refractivity contribution in [2.75, 3.05) is 13.2 Å². The smallest absolute Gasteiger partial charge is 0.422 e. The molecule has 1 N–H and O–H groups in total. The molecule has 1 atom stereocenters. The van der Waals surface area contributed by atoms with Gasteiger partial charge in [0, 0.05) is 31.3 Å². The van der Waals surface area contributed by atoms with E-state index in [1.165, 1.54) is 12.3 Å². The molecule has 1 fully saturated rings. The number of nitrogens with one attached hydrogen (secondary N) is 1. The second-order valence-electron chi connectivity index (χ2n) is 6.95. The Hall–Kier alpha value is -3.10. The molecule has 30 heavy (non-hydrogen) atoms. The molecule has 2 aromatic rings. The van der Waals surface area contributed by atoms with E-state index in [0.717, 1.165) is 12.8 Å². The first-order valence-electron chi connectivity index (χ1n) is 9.61. The number of benzene rings is 1. The van der Waals surface area contributed by atoms with Crippen LogP contribution in [0.25, 0.3) is 0 Å². The standard InChI is InChI=1S/C21H22F3N3O3/c22-21(23,24)14-30-20-16(9-6-11-25-20)13-26-19(29)18(15-7-2-1-3-8-15)27-12-5-4-10-17(27)28/h1-3,6-9,11,18H,4-5,10,12-14H2,(H,26,29). The number of pyridine rings is 1. The average Bonchev–Trinajstić information content (AvgIpc) is 2.73. The summed E-state index contributed by atoms with van der Waals surface area (Å²) >= 11 is 0. The third kappa shape index (κ3) is 5.71. The lowest BCUT2D eigenvalue weighted by Crippen LogP contribution is -2.45. The second kappa shape index (κ2) is 9.60. The summed E-state index contributed by atoms with van der Waals surface area (Å²) in [4.78, 5) is 30.9. The van der Waals surface area contributed by atoms with Crippen LogP contribution in [-0.4, -0.2) is 41.0 Å². The predicted molar refractivity (Wildman–Crippen MR) is 102 cm³/mol. The van der Waals surface area contributed by atoms with E-state index >= 15 is 0 Å². The Balaban J connectivity index is 1.75. The van der Waals surface area contributed by atoms with Gasteiger partial charge >= 0.3 is 6.18 Å². The minimum absolute atomic E-state index is 0.0781. The second-order valence-corrected chi connectivity index (χ2v) is 6.95. The van der Waals surface area contributed by atoms with Crippen molar-refractivity contribution in [3.8, 4) is 5.88 Å². The molecule has 1 aliphatic heterocycles. The fourth-order valence-corrected chi connectivity index (χ4v) is 3.33. The third-order valence-corrected chi connectivity index (χ3v) is 4.71. The van der Waals surface area contributed by atoms with Gasteiger partial charge in [-0.3, -0.25) is 9.59 Å². The number of amides is 2. The molecule has 1 aliphatic rings. The van der Waals surface area contributed by atoms with Crippen molar-refractivity contribution in [1.29, 1.82) is 0 Å². The van der Waals surface area contributed by atoms with Crippen LogP contribution < -0.4 is 10.1 Å². The van der Waals surface area contributed by atoms with Crippen molar-refractivity contribution in [3.63, 3.8) is 0 Å². The average molecular weight is 421 g/mol. The van der Waals surface area contributed by atoms with Gasteiger partial charge in [-0.2, -0.15) is 13.2 Å². The number of halogens is 3. The van der Waals surface area contributed by atoms with Gasteiger partial charge in [0.1, 0.15) is 6.04 Å². The van der Waals surface area contributed by atoms with Crippen molar-refractivity contribution >= 4 is 11.8 Å². The highest BCUT2D eigenvalue weighted by Crippen LogP contribution is 2.26. The maximum Gasteiger partial charge on any atom is 0.422 e. The van der Waals surface area contributed by atoms with Gasteiger partial charge in [0.25, 0.3) is 0 Å². The summed E-state index contributed by atoms with van der Waals surface area (Å²) in [6, 6.07) is 11.2. The molecule has 0 aliphatic carbocycles. The number of hydrogen-bond acceptors (Lipinski definition) is 4. The number of carbonyl (C=O) groups is 2. The van der Waals surface area contributed by atoms with Crippen LogP contribution in [-0.2, 0) is 16.1 Å². The molecule has 9 heteroatoms. The molecular formula is C21H22F3N3O3. The number of alkyl halides is 3. The summed E-state index contributed by atoms with van der Waals surface area (Å²) in [6.45, 7) is -1.08. The Morgan fingerprint density at radius 3 is 2.63 bits per heavy atom. The number of hydrogen-bond donors (Lipinski definition) is 1. The van der Waals surface area contributed by atoms with Crippen LogP contribution in [0.3, 0.4) is 0 Å². The summed E-state index contributed by atoms with van der Waals surface area (Å²) in [7, 11) is 0. The summed E-state index contributed by atoms with van der Waals surface area (Å²) < 4.78 is 42.2. The van der Waals surface area contributed by atoms with Crippen LogP contribution in [0.4, 0.5) is 13.2 Å². The Morgan fingerprint density at radius 1 is 1.17 bits per heavy atom. The number of aromatic nitrogens is 1. The summed E-state index contributed by atoms with van der Waals surface area (Å²) in [5.41, 5.74) is 0.983. The Morgan fingerprint density at radius 2 is 1.93 bits per heavy atom. The Kier molecular flexibility index (Phi) is 6.91. The first-order valence-corrected chi connectivity index (χ1v) is 9.61. The molecule has 6 nitrogen and oxygen atoms in total. The molecule has 0 bridgehead atoms. The third-order valence-electron chi connectivity index (χ3n) is 4.71. The van der Waals surface area contributed by atoms with Crippen LogP contribution in [0, 0.1) is 0 Å². The zero-order chi connectivity index (χ0) is 21.6. The van der Waals surface area contributed by atoms with Crippen molar-refractivity contribution in [3.05, 3.63) is 59.8 Å². The van der Waals surface area contributed by atoms with Gasteiger partial charge in [-0.1, -0.05) is 36.4 Å². The molecule has 1 unspecified atom stereocenters. The molecule has 0 radical (unpaired) electrons. The monoisotopic (exact) mass is 421 g/mol. The number of nitrogens with zero attached hydrogens (tertiary/aromatic N) is 2. The fraction of sp³-hybridized carbons (Fsp3) is 0.381. The predicted octanol–water partition coefficient (Wildman–Crippen LogP) is 3.39. The van der Waals surface area contributed by atoms with Crippen molar-refractivity contribution in [2.24, 2.45) is 0 Å². The van der Waals surface area contributed by atoms with Crippen molar-refractivity contribution in [1.82, 2.24) is 15.2 Å². The minimum atomic E-state index is -4.49. The highest BCUT2D eigenvalue weighted by Gasteiger charge is 2.33. The molecule has 160 valence electrons. The molecule has 2 amide bonds. The van der Waals surface area contributed by atoms with E-state index in [0.29, 0.717) is 24.1 Å². The highest BCUT2D eigenvalue weighted by atomic mass is 19.4. The van der Waals surface area contributed by atoms with E-state index in [1.54, 1.807) is 35.2 Å². The Labute approximate surface area is 172 Å². The summed E-state index contributed by atoms with van der Waals surface area (Å²) in [5, 5.41) is 2.72. The fourth-order valence-electron chi connectivity index (χ4n) is 3.33. The molecule has 1 saturated heterocycles. The van der Waals surface area contributed by atoms with E-state index in [1.807, 2.05) is 6.07 Å². The van der Waals surface area contributed by atoms with Crippen LogP contribution in [0.2, 0.25) is 0 Å². The number of likely N-dealkylation sites (tertiary alicyclic amines) is 1. The van der Waals surface area contributed by atoms with Crippen molar-refractivity contribution < 1.29 is 27.5 Å². The first kappa shape index (κ1) is 21.6. The molecule has 1 aromatic carbocycles. The molecule has 0 spiro atoms. The van der Waals surface area contributed by atoms with E-state index in [2.05, 4.69) is 10.3 Å². The molecule has 1 aromatic heterocycles. The van der Waals surface area contributed by atoms with Gasteiger partial charge < -0.3 is 15.0 Å². The maximum absolute atomic E-state index is 13.0. The maximum atomic E-state index is 13.0. The number of carbonyl (C=O) groups excluding carboxylic acids is 2. The Bertz CT molecular complexity index is 875. The number of piperidine rings is 1. The van der Waals surface area contributed by atoms with Crippen LogP contribution >= 0.6 is 0 Å². The zero-order valence-electron chi connectivity index (χ0n) is 16.2. The van der Waals surface area contributed by atoms with Crippen LogP contribution in [0.15, 0.2) is 48.7 Å². The van der Waals surface area contributed by atoms with Gasteiger partial charge in [0.05, 0.1) is 0 Å². The SMILES string of the molecule is O=C(NCc1cccnc1OCC(F)(F)F)C(c1ccccc1)N1CCCCC1=O. The highest BCUT2D eigenvalue weighted by molar-refractivity contribution is 5.89. The normalized spacial score (nSPS) is 15.6. The lowest BCUT2D eigenvalue weighted by molar-refractivity contribution is -0.154. The molecular weight excluding hydrogens is 399 g/mol. The lowest BCUT2D eigenvalue weighted by atomic mass is 10.0. The minimum Gasteiger partial charge on any atom is -0.468 e. The van der Waals surface area contributed by atoms with Gasteiger partial charge in [-0.15, -0.1) is 0 Å². The topological polar surface area (TPSA) is 71.5 Å². The summed E-state index contributed by atoms with van der Waals surface area (Å²) in [6.07, 6.45) is -1.20. The van der Waals surface area contributed by atoms with Crippen LogP contribution in [0.1, 0.15) is 36.4 Å². The van der Waals surface area contributed by atoms with E-state index in [9.17, 15) is 22.8 Å². The van der Waals surface area contributed by atoms with Gasteiger partial charge in [-0.25, -0.2) is 4.98 Å². The quantitative estimate of drug-likeness (QED) is 0.744. The summed E-state index contributed by atoms with van der Waals surface area (Å²) in [5.74, 6) is -0.705. The number of rotatable bonds is 7. The van der Waals surface area contributed by atoms with Gasteiger partial charge in [0.2, 0.25) is 17.7 Å². The van der Waals surface area contributed by atoms with Crippen LogP contribution in [0.5, 0.6) is 5.88 Å². The van der Waals surface area contributed by atoms with Gasteiger partial charge in [-0.05, 0) is 24.5 Å². The van der Waals surface area contributed by atoms with E-state index in [-0.39, 0.29) is 18.3 Å². The molecule has 2 heterocycles.